The molecule has 5 heteroatoms. The van der Waals surface area contributed by atoms with Crippen LogP contribution in [0.2, 0.25) is 0 Å². The SMILES string of the molecule is CCOC(=O)C1(CCOC(=O)/C=C/c2ccccc2)CC(C)(C)N(C)C(C)(C)C1. The lowest BCUT2D eigenvalue weighted by molar-refractivity contribution is -0.172. The van der Waals surface area contributed by atoms with E-state index in [9.17, 15) is 9.59 Å². The molecule has 5 nitrogen and oxygen atoms in total. The Morgan fingerprint density at radius 3 is 2.17 bits per heavy atom. The molecule has 0 unspecified atom stereocenters. The summed E-state index contributed by atoms with van der Waals surface area (Å²) in [5.74, 6) is -0.593. The third-order valence-corrected chi connectivity index (χ3v) is 6.10. The van der Waals surface area contributed by atoms with Gasteiger partial charge in [0, 0.05) is 17.2 Å². The summed E-state index contributed by atoms with van der Waals surface area (Å²) < 4.78 is 10.9. The zero-order valence-electron chi connectivity index (χ0n) is 18.7. The number of benzene rings is 1. The number of hydrogen-bond acceptors (Lipinski definition) is 5. The Morgan fingerprint density at radius 1 is 1.03 bits per heavy atom. The van der Waals surface area contributed by atoms with Crippen LogP contribution in [0, 0.1) is 5.41 Å². The third-order valence-electron chi connectivity index (χ3n) is 6.10. The Morgan fingerprint density at radius 2 is 1.62 bits per heavy atom. The van der Waals surface area contributed by atoms with Gasteiger partial charge in [-0.15, -0.1) is 0 Å². The average Bonchev–Trinajstić information content (AvgIpc) is 2.65. The van der Waals surface area contributed by atoms with Crippen molar-refractivity contribution in [2.75, 3.05) is 20.3 Å². The number of esters is 2. The summed E-state index contributed by atoms with van der Waals surface area (Å²) in [6, 6.07) is 9.59. The first-order valence-electron chi connectivity index (χ1n) is 10.3. The zero-order valence-corrected chi connectivity index (χ0v) is 18.7. The standard InChI is InChI=1S/C24H35NO4/c1-7-28-21(27)24(17-22(2,3)25(6)23(4,5)18-24)15-16-29-20(26)14-13-19-11-9-8-10-12-19/h8-14H,7,15-18H2,1-6H3/b14-13+. The largest absolute Gasteiger partial charge is 0.466 e. The minimum Gasteiger partial charge on any atom is -0.466 e. The molecule has 2 rings (SSSR count). The monoisotopic (exact) mass is 401 g/mol. The molecule has 0 radical (unpaired) electrons. The van der Waals surface area contributed by atoms with Crippen LogP contribution in [0.25, 0.3) is 6.08 Å². The van der Waals surface area contributed by atoms with Crippen LogP contribution in [0.4, 0.5) is 0 Å². The Kier molecular flexibility index (Phi) is 7.28. The fourth-order valence-corrected chi connectivity index (χ4v) is 4.61. The highest BCUT2D eigenvalue weighted by Gasteiger charge is 2.54. The maximum atomic E-state index is 13.0. The van der Waals surface area contributed by atoms with Gasteiger partial charge in [-0.2, -0.15) is 0 Å². The van der Waals surface area contributed by atoms with Crippen LogP contribution in [-0.2, 0) is 19.1 Å². The summed E-state index contributed by atoms with van der Waals surface area (Å²) in [6.07, 6.45) is 4.93. The lowest BCUT2D eigenvalue weighted by Crippen LogP contribution is -2.63. The van der Waals surface area contributed by atoms with Crippen LogP contribution < -0.4 is 0 Å². The number of carbonyl (C=O) groups is 2. The normalized spacial score (nSPS) is 20.3. The molecule has 1 aliphatic rings. The Balaban J connectivity index is 2.08. The number of piperidine rings is 1. The van der Waals surface area contributed by atoms with E-state index in [1.165, 1.54) is 6.08 Å². The van der Waals surface area contributed by atoms with Gasteiger partial charge in [-0.05, 0) is 72.6 Å². The molecule has 1 aromatic rings. The summed E-state index contributed by atoms with van der Waals surface area (Å²) in [4.78, 5) is 27.5. The van der Waals surface area contributed by atoms with Gasteiger partial charge in [-0.3, -0.25) is 9.69 Å². The summed E-state index contributed by atoms with van der Waals surface area (Å²) in [5, 5.41) is 0. The molecule has 1 saturated heterocycles. The van der Waals surface area contributed by atoms with Crippen molar-refractivity contribution in [1.29, 1.82) is 0 Å². The lowest BCUT2D eigenvalue weighted by Gasteiger charge is -2.57. The van der Waals surface area contributed by atoms with Crippen molar-refractivity contribution in [3.05, 3.63) is 42.0 Å². The van der Waals surface area contributed by atoms with Gasteiger partial charge >= 0.3 is 11.9 Å². The smallest absolute Gasteiger partial charge is 0.330 e. The van der Waals surface area contributed by atoms with Crippen molar-refractivity contribution >= 4 is 18.0 Å². The van der Waals surface area contributed by atoms with Gasteiger partial charge in [0.15, 0.2) is 0 Å². The Hall–Kier alpha value is -2.14. The molecular formula is C24H35NO4. The summed E-state index contributed by atoms with van der Waals surface area (Å²) in [7, 11) is 2.10. The van der Waals surface area contributed by atoms with Gasteiger partial charge < -0.3 is 9.47 Å². The minimum absolute atomic E-state index is 0.175. The van der Waals surface area contributed by atoms with E-state index >= 15 is 0 Å². The number of likely N-dealkylation sites (tertiary alicyclic amines) is 1. The topological polar surface area (TPSA) is 55.8 Å². The van der Waals surface area contributed by atoms with E-state index in [0.29, 0.717) is 25.9 Å². The predicted octanol–water partition coefficient (Wildman–Crippen LogP) is 4.47. The molecule has 0 atom stereocenters. The molecule has 1 aliphatic heterocycles. The first kappa shape index (κ1) is 23.1. The van der Waals surface area contributed by atoms with E-state index in [1.54, 1.807) is 6.08 Å². The molecule has 0 saturated carbocycles. The molecule has 29 heavy (non-hydrogen) atoms. The van der Waals surface area contributed by atoms with Crippen LogP contribution in [0.3, 0.4) is 0 Å². The first-order chi connectivity index (χ1) is 13.5. The van der Waals surface area contributed by atoms with E-state index in [2.05, 4.69) is 39.6 Å². The second-order valence-corrected chi connectivity index (χ2v) is 9.20. The zero-order chi connectivity index (χ0) is 21.7. The van der Waals surface area contributed by atoms with Crippen molar-refractivity contribution < 1.29 is 19.1 Å². The van der Waals surface area contributed by atoms with Gasteiger partial charge in [0.1, 0.15) is 0 Å². The quantitative estimate of drug-likeness (QED) is 0.498. The van der Waals surface area contributed by atoms with Gasteiger partial charge in [-0.25, -0.2) is 4.79 Å². The van der Waals surface area contributed by atoms with E-state index in [-0.39, 0.29) is 23.7 Å². The molecule has 160 valence electrons. The van der Waals surface area contributed by atoms with E-state index < -0.39 is 11.4 Å². The molecule has 1 heterocycles. The average molecular weight is 402 g/mol. The Labute approximate surface area is 175 Å². The number of rotatable bonds is 7. The van der Waals surface area contributed by atoms with Crippen molar-refractivity contribution in [2.24, 2.45) is 5.41 Å². The van der Waals surface area contributed by atoms with Gasteiger partial charge in [0.25, 0.3) is 0 Å². The fourth-order valence-electron chi connectivity index (χ4n) is 4.61. The summed E-state index contributed by atoms with van der Waals surface area (Å²) in [5.41, 5.74) is -0.0811. The maximum Gasteiger partial charge on any atom is 0.330 e. The highest BCUT2D eigenvalue weighted by atomic mass is 16.5. The Bertz CT molecular complexity index is 719. The van der Waals surface area contributed by atoms with E-state index in [0.717, 1.165) is 5.56 Å². The second kappa shape index (κ2) is 9.12. The molecule has 0 amide bonds. The molecule has 1 aromatic carbocycles. The predicted molar refractivity (Wildman–Crippen MR) is 115 cm³/mol. The van der Waals surface area contributed by atoms with Crippen molar-refractivity contribution in [1.82, 2.24) is 4.90 Å². The second-order valence-electron chi connectivity index (χ2n) is 9.20. The number of hydrogen-bond donors (Lipinski definition) is 0. The first-order valence-corrected chi connectivity index (χ1v) is 10.3. The van der Waals surface area contributed by atoms with Gasteiger partial charge in [0.05, 0.1) is 18.6 Å². The number of carbonyl (C=O) groups excluding carboxylic acids is 2. The molecule has 0 N–H and O–H groups in total. The van der Waals surface area contributed by atoms with E-state index in [1.807, 2.05) is 37.3 Å². The van der Waals surface area contributed by atoms with Crippen LogP contribution in [0.5, 0.6) is 0 Å². The highest BCUT2D eigenvalue weighted by molar-refractivity contribution is 5.87. The third kappa shape index (κ3) is 5.69. The van der Waals surface area contributed by atoms with Crippen molar-refractivity contribution in [3.63, 3.8) is 0 Å². The molecule has 1 fully saturated rings. The number of ether oxygens (including phenoxy) is 2. The van der Waals surface area contributed by atoms with Crippen LogP contribution >= 0.6 is 0 Å². The van der Waals surface area contributed by atoms with Gasteiger partial charge in [-0.1, -0.05) is 30.3 Å². The van der Waals surface area contributed by atoms with Crippen molar-refractivity contribution in [2.45, 2.75) is 65.0 Å². The van der Waals surface area contributed by atoms with Crippen LogP contribution in [0.1, 0.15) is 59.4 Å². The molecule has 0 aromatic heterocycles. The maximum absolute atomic E-state index is 13.0. The highest BCUT2D eigenvalue weighted by Crippen LogP contribution is 2.50. The summed E-state index contributed by atoms with van der Waals surface area (Å²) >= 11 is 0. The molecular weight excluding hydrogens is 366 g/mol. The molecule has 0 bridgehead atoms. The van der Waals surface area contributed by atoms with Crippen molar-refractivity contribution in [3.8, 4) is 0 Å². The minimum atomic E-state index is -0.668. The molecule has 0 spiro atoms. The lowest BCUT2D eigenvalue weighted by atomic mass is 9.63. The van der Waals surface area contributed by atoms with Gasteiger partial charge in [0.2, 0.25) is 0 Å². The fraction of sp³-hybridized carbons (Fsp3) is 0.583. The van der Waals surface area contributed by atoms with E-state index in [4.69, 9.17) is 9.47 Å². The number of nitrogens with zero attached hydrogens (tertiary/aromatic N) is 1. The van der Waals surface area contributed by atoms with Crippen LogP contribution in [0.15, 0.2) is 36.4 Å². The van der Waals surface area contributed by atoms with Crippen LogP contribution in [-0.4, -0.2) is 48.2 Å². The summed E-state index contributed by atoms with van der Waals surface area (Å²) in [6.45, 7) is 11.0. The molecule has 0 aliphatic carbocycles.